The average Bonchev–Trinajstić information content (AvgIpc) is 3.15. The molecule has 25 heavy (non-hydrogen) atoms. The van der Waals surface area contributed by atoms with Gasteiger partial charge in [-0.3, -0.25) is 9.69 Å². The molecule has 6 heteroatoms. The van der Waals surface area contributed by atoms with Gasteiger partial charge in [-0.2, -0.15) is 0 Å². The summed E-state index contributed by atoms with van der Waals surface area (Å²) in [6.07, 6.45) is 1.83. The van der Waals surface area contributed by atoms with E-state index < -0.39 is 0 Å². The van der Waals surface area contributed by atoms with Crippen LogP contribution in [0, 0.1) is 0 Å². The zero-order chi connectivity index (χ0) is 18.0. The zero-order valence-electron chi connectivity index (χ0n) is 15.0. The van der Waals surface area contributed by atoms with Crippen LogP contribution in [0.1, 0.15) is 53.7 Å². The summed E-state index contributed by atoms with van der Waals surface area (Å²) in [4.78, 5) is 21.3. The van der Waals surface area contributed by atoms with Crippen molar-refractivity contribution < 1.29 is 9.90 Å². The highest BCUT2D eigenvalue weighted by Gasteiger charge is 2.27. The lowest BCUT2D eigenvalue weighted by atomic mass is 10.0. The van der Waals surface area contributed by atoms with Crippen LogP contribution in [0.2, 0.25) is 0 Å². The molecule has 1 N–H and O–H groups in total. The Bertz CT molecular complexity index is 722. The summed E-state index contributed by atoms with van der Waals surface area (Å²) in [6, 6.07) is 5.66. The number of phenolic OH excluding ortho intramolecular Hbond substituents is 1. The maximum absolute atomic E-state index is 12.7. The molecule has 1 fully saturated rings. The molecule has 2 heterocycles. The Hall–Kier alpha value is -1.92. The van der Waals surface area contributed by atoms with E-state index in [0.717, 1.165) is 23.7 Å². The van der Waals surface area contributed by atoms with Crippen molar-refractivity contribution in [2.75, 3.05) is 26.2 Å². The minimum Gasteiger partial charge on any atom is -0.507 e. The first-order chi connectivity index (χ1) is 12.0. The fraction of sp³-hybridized carbons (Fsp3) is 0.474. The van der Waals surface area contributed by atoms with Crippen molar-refractivity contribution >= 4 is 17.2 Å². The summed E-state index contributed by atoms with van der Waals surface area (Å²) in [5, 5.41) is 13.3. The van der Waals surface area contributed by atoms with E-state index in [-0.39, 0.29) is 17.7 Å². The van der Waals surface area contributed by atoms with Crippen LogP contribution in [-0.4, -0.2) is 52.0 Å². The summed E-state index contributed by atoms with van der Waals surface area (Å²) in [6.45, 7) is 9.26. The number of phenols is 1. The number of benzene rings is 1. The third kappa shape index (κ3) is 3.85. The second-order valence-corrected chi connectivity index (χ2v) is 7.73. The van der Waals surface area contributed by atoms with Gasteiger partial charge in [-0.25, -0.2) is 4.98 Å². The highest BCUT2D eigenvalue weighted by atomic mass is 32.1. The number of hydrogen-bond acceptors (Lipinski definition) is 5. The van der Waals surface area contributed by atoms with E-state index in [1.54, 1.807) is 23.5 Å². The number of aromatic nitrogens is 1. The lowest BCUT2D eigenvalue weighted by Gasteiger charge is -2.37. The van der Waals surface area contributed by atoms with Gasteiger partial charge in [-0.15, -0.1) is 11.3 Å². The highest BCUT2D eigenvalue weighted by molar-refractivity contribution is 7.09. The zero-order valence-corrected chi connectivity index (χ0v) is 15.8. The summed E-state index contributed by atoms with van der Waals surface area (Å²) in [5.74, 6) is 0.315. The van der Waals surface area contributed by atoms with Crippen LogP contribution < -0.4 is 0 Å². The molecule has 1 saturated heterocycles. The molecule has 1 aliphatic heterocycles. The Morgan fingerprint density at radius 1 is 1.20 bits per heavy atom. The van der Waals surface area contributed by atoms with E-state index >= 15 is 0 Å². The molecule has 1 atom stereocenters. The molecule has 134 valence electrons. The van der Waals surface area contributed by atoms with Gasteiger partial charge in [0.15, 0.2) is 0 Å². The summed E-state index contributed by atoms with van der Waals surface area (Å²) in [5.41, 5.74) is 1.43. The summed E-state index contributed by atoms with van der Waals surface area (Å²) in [7, 11) is 0. The monoisotopic (exact) mass is 359 g/mol. The lowest BCUT2D eigenvalue weighted by Crippen LogP contribution is -2.49. The minimum atomic E-state index is -0.0886. The molecule has 2 aromatic rings. The van der Waals surface area contributed by atoms with Gasteiger partial charge in [0, 0.05) is 37.8 Å². The van der Waals surface area contributed by atoms with Crippen molar-refractivity contribution in [2.45, 2.75) is 32.7 Å². The number of amides is 1. The van der Waals surface area contributed by atoms with E-state index in [2.05, 4.69) is 30.7 Å². The van der Waals surface area contributed by atoms with Gasteiger partial charge in [0.05, 0.1) is 11.6 Å². The van der Waals surface area contributed by atoms with Crippen molar-refractivity contribution in [1.82, 2.24) is 14.8 Å². The molecule has 0 bridgehead atoms. The first-order valence-electron chi connectivity index (χ1n) is 8.73. The van der Waals surface area contributed by atoms with E-state index in [1.165, 1.54) is 0 Å². The molecule has 1 unspecified atom stereocenters. The first kappa shape index (κ1) is 17.9. The number of aromatic hydroxyl groups is 1. The van der Waals surface area contributed by atoms with Gasteiger partial charge >= 0.3 is 0 Å². The molecule has 0 aliphatic carbocycles. The SMILES string of the molecule is CC(C)c1ccc(C(=O)N2CCN(C(C)c3nccs3)CC2)c(O)c1. The molecule has 0 saturated carbocycles. The van der Waals surface area contributed by atoms with Gasteiger partial charge in [-0.1, -0.05) is 19.9 Å². The van der Waals surface area contributed by atoms with Crippen LogP contribution in [0.5, 0.6) is 5.75 Å². The molecule has 1 aliphatic rings. The normalized spacial score (nSPS) is 17.0. The fourth-order valence-corrected chi connectivity index (χ4v) is 3.90. The number of hydrogen-bond donors (Lipinski definition) is 1. The molecule has 0 radical (unpaired) electrons. The first-order valence-corrected chi connectivity index (χ1v) is 9.61. The van der Waals surface area contributed by atoms with Crippen LogP contribution in [-0.2, 0) is 0 Å². The van der Waals surface area contributed by atoms with Crippen molar-refractivity contribution in [3.63, 3.8) is 0 Å². The van der Waals surface area contributed by atoms with E-state index in [9.17, 15) is 9.90 Å². The van der Waals surface area contributed by atoms with Crippen LogP contribution >= 0.6 is 11.3 Å². The maximum atomic E-state index is 12.7. The third-order valence-electron chi connectivity index (χ3n) is 4.88. The Labute approximate surface area is 152 Å². The molecular weight excluding hydrogens is 334 g/mol. The predicted octanol–water partition coefficient (Wildman–Crippen LogP) is 3.49. The number of rotatable bonds is 4. The van der Waals surface area contributed by atoms with Crippen LogP contribution in [0.4, 0.5) is 0 Å². The Morgan fingerprint density at radius 3 is 2.48 bits per heavy atom. The van der Waals surface area contributed by atoms with Crippen LogP contribution in [0.15, 0.2) is 29.8 Å². The van der Waals surface area contributed by atoms with Gasteiger partial charge in [0.2, 0.25) is 0 Å². The van der Waals surface area contributed by atoms with Crippen LogP contribution in [0.25, 0.3) is 0 Å². The number of thiazole rings is 1. The number of nitrogens with zero attached hydrogens (tertiary/aromatic N) is 3. The smallest absolute Gasteiger partial charge is 0.257 e. The number of piperazine rings is 1. The van der Waals surface area contributed by atoms with E-state index in [4.69, 9.17) is 0 Å². The average molecular weight is 359 g/mol. The molecule has 1 aromatic heterocycles. The van der Waals surface area contributed by atoms with Crippen molar-refractivity contribution in [1.29, 1.82) is 0 Å². The number of carbonyl (C=O) groups is 1. The molecule has 5 nitrogen and oxygen atoms in total. The van der Waals surface area contributed by atoms with Gasteiger partial charge < -0.3 is 10.0 Å². The summed E-state index contributed by atoms with van der Waals surface area (Å²) >= 11 is 1.67. The van der Waals surface area contributed by atoms with Crippen molar-refractivity contribution in [2.24, 2.45) is 0 Å². The van der Waals surface area contributed by atoms with Gasteiger partial charge in [-0.05, 0) is 30.5 Å². The predicted molar refractivity (Wildman–Crippen MR) is 100 cm³/mol. The van der Waals surface area contributed by atoms with E-state index in [1.807, 2.05) is 22.5 Å². The molecule has 3 rings (SSSR count). The summed E-state index contributed by atoms with van der Waals surface area (Å²) < 4.78 is 0. The lowest BCUT2D eigenvalue weighted by molar-refractivity contribution is 0.0579. The Balaban J connectivity index is 1.64. The Morgan fingerprint density at radius 2 is 1.92 bits per heavy atom. The highest BCUT2D eigenvalue weighted by Crippen LogP contribution is 2.27. The topological polar surface area (TPSA) is 56.7 Å². The molecular formula is C19H25N3O2S. The quantitative estimate of drug-likeness (QED) is 0.908. The molecule has 0 spiro atoms. The largest absolute Gasteiger partial charge is 0.507 e. The standard InChI is InChI=1S/C19H25N3O2S/c1-13(2)15-4-5-16(17(23)12-15)19(24)22-9-7-21(8-10-22)14(3)18-20-6-11-25-18/h4-6,11-14,23H,7-10H2,1-3H3. The third-order valence-corrected chi connectivity index (χ3v) is 5.82. The molecule has 1 aromatic carbocycles. The van der Waals surface area contributed by atoms with Gasteiger partial charge in [0.1, 0.15) is 10.8 Å². The second-order valence-electron chi connectivity index (χ2n) is 6.81. The Kier molecular flexibility index (Phi) is 5.39. The fourth-order valence-electron chi connectivity index (χ4n) is 3.17. The molecule has 1 amide bonds. The minimum absolute atomic E-state index is 0.0785. The van der Waals surface area contributed by atoms with Crippen molar-refractivity contribution in [3.8, 4) is 5.75 Å². The van der Waals surface area contributed by atoms with E-state index in [0.29, 0.717) is 24.6 Å². The second kappa shape index (κ2) is 7.54. The maximum Gasteiger partial charge on any atom is 0.257 e. The van der Waals surface area contributed by atoms with Crippen molar-refractivity contribution in [3.05, 3.63) is 45.9 Å². The number of carbonyl (C=O) groups excluding carboxylic acids is 1. The van der Waals surface area contributed by atoms with Crippen LogP contribution in [0.3, 0.4) is 0 Å². The van der Waals surface area contributed by atoms with Gasteiger partial charge in [0.25, 0.3) is 5.91 Å².